The van der Waals surface area contributed by atoms with Gasteiger partial charge in [-0.25, -0.2) is 18.1 Å². The monoisotopic (exact) mass is 305 g/mol. The molecular formula is C11H19N3O3S2. The lowest BCUT2D eigenvalue weighted by molar-refractivity contribution is 0.578. The van der Waals surface area contributed by atoms with Crippen molar-refractivity contribution in [2.24, 2.45) is 0 Å². The van der Waals surface area contributed by atoms with Crippen LogP contribution in [-0.4, -0.2) is 42.7 Å². The number of aromatic nitrogens is 1. The van der Waals surface area contributed by atoms with E-state index in [1.165, 1.54) is 12.3 Å². The molecule has 1 aromatic rings. The van der Waals surface area contributed by atoms with Crippen LogP contribution in [0.1, 0.15) is 13.3 Å². The third-order valence-corrected chi connectivity index (χ3v) is 5.57. The predicted octanol–water partition coefficient (Wildman–Crippen LogP) is 0.559. The Morgan fingerprint density at radius 3 is 2.74 bits per heavy atom. The summed E-state index contributed by atoms with van der Waals surface area (Å²) in [4.78, 5) is 4.07. The van der Waals surface area contributed by atoms with Crippen molar-refractivity contribution in [2.45, 2.75) is 23.5 Å². The third kappa shape index (κ3) is 4.55. The van der Waals surface area contributed by atoms with Crippen LogP contribution in [0.5, 0.6) is 0 Å². The number of hydrogen-bond donors (Lipinski definition) is 2. The Hall–Kier alpha value is -0.990. The van der Waals surface area contributed by atoms with Gasteiger partial charge in [-0.3, -0.25) is 4.21 Å². The third-order valence-electron chi connectivity index (χ3n) is 2.71. The molecule has 0 fully saturated rings. The molecule has 8 heteroatoms. The summed E-state index contributed by atoms with van der Waals surface area (Å²) in [6.45, 7) is 2.08. The zero-order valence-electron chi connectivity index (χ0n) is 11.2. The smallest absolute Gasteiger partial charge is 0.244 e. The maximum atomic E-state index is 12.1. The van der Waals surface area contributed by atoms with Crippen LogP contribution in [0.15, 0.2) is 23.2 Å². The molecule has 1 rings (SSSR count). The van der Waals surface area contributed by atoms with Gasteiger partial charge in [-0.15, -0.1) is 0 Å². The minimum Gasteiger partial charge on any atom is -0.372 e. The Balaban J connectivity index is 2.74. The van der Waals surface area contributed by atoms with E-state index in [0.717, 1.165) is 0 Å². The second-order valence-electron chi connectivity index (χ2n) is 4.10. The maximum absolute atomic E-state index is 12.1. The van der Waals surface area contributed by atoms with Gasteiger partial charge in [0.2, 0.25) is 10.0 Å². The highest BCUT2D eigenvalue weighted by atomic mass is 32.2. The van der Waals surface area contributed by atoms with Gasteiger partial charge in [0.15, 0.2) is 0 Å². The van der Waals surface area contributed by atoms with Crippen LogP contribution in [0.3, 0.4) is 0 Å². The van der Waals surface area contributed by atoms with Crippen molar-refractivity contribution in [3.63, 3.8) is 0 Å². The molecule has 0 bridgehead atoms. The Kier molecular flexibility index (Phi) is 5.89. The number of rotatable bonds is 7. The standard InChI is InChI=1S/C11H19N3O3S2/c1-9(18(3)15)6-8-14-19(16,17)10-5-4-7-13-11(10)12-2/h4-5,7,9,14H,6,8H2,1-3H3,(H,12,13). The summed E-state index contributed by atoms with van der Waals surface area (Å²) in [7, 11) is -2.93. The van der Waals surface area contributed by atoms with Gasteiger partial charge in [-0.1, -0.05) is 6.92 Å². The van der Waals surface area contributed by atoms with Crippen LogP contribution in [-0.2, 0) is 20.8 Å². The zero-order chi connectivity index (χ0) is 14.5. The van der Waals surface area contributed by atoms with E-state index >= 15 is 0 Å². The molecule has 0 saturated carbocycles. The molecule has 6 nitrogen and oxygen atoms in total. The summed E-state index contributed by atoms with van der Waals surface area (Å²) < 4.78 is 37.9. The quantitative estimate of drug-likeness (QED) is 0.768. The fraction of sp³-hybridized carbons (Fsp3) is 0.545. The molecule has 0 aliphatic rings. The number of sulfonamides is 1. The first-order valence-electron chi connectivity index (χ1n) is 5.83. The van der Waals surface area contributed by atoms with Crippen LogP contribution in [0.25, 0.3) is 0 Å². The Bertz CT molecular complexity index is 546. The second kappa shape index (κ2) is 6.97. The van der Waals surface area contributed by atoms with Gasteiger partial charge < -0.3 is 5.32 Å². The minimum atomic E-state index is -3.60. The predicted molar refractivity (Wildman–Crippen MR) is 77.1 cm³/mol. The molecule has 1 aromatic heterocycles. The van der Waals surface area contributed by atoms with Crippen molar-refractivity contribution in [2.75, 3.05) is 25.2 Å². The molecule has 0 aromatic carbocycles. The Morgan fingerprint density at radius 2 is 2.16 bits per heavy atom. The van der Waals surface area contributed by atoms with Crippen molar-refractivity contribution in [1.82, 2.24) is 9.71 Å². The van der Waals surface area contributed by atoms with Crippen molar-refractivity contribution in [1.29, 1.82) is 0 Å². The molecule has 2 N–H and O–H groups in total. The molecule has 0 amide bonds. The lowest BCUT2D eigenvalue weighted by Crippen LogP contribution is -2.28. The van der Waals surface area contributed by atoms with E-state index in [2.05, 4.69) is 15.0 Å². The summed E-state index contributed by atoms with van der Waals surface area (Å²) in [5.74, 6) is 0.308. The van der Waals surface area contributed by atoms with Gasteiger partial charge in [0.25, 0.3) is 0 Å². The molecule has 0 aliphatic heterocycles. The summed E-state index contributed by atoms with van der Waals surface area (Å²) in [5.41, 5.74) is 0. The van der Waals surface area contributed by atoms with Gasteiger partial charge in [-0.2, -0.15) is 0 Å². The van der Waals surface area contributed by atoms with Crippen LogP contribution in [0, 0.1) is 0 Å². The van der Waals surface area contributed by atoms with E-state index in [-0.39, 0.29) is 16.7 Å². The highest BCUT2D eigenvalue weighted by Crippen LogP contribution is 2.16. The van der Waals surface area contributed by atoms with Crippen LogP contribution in [0.4, 0.5) is 5.82 Å². The summed E-state index contributed by atoms with van der Waals surface area (Å²) >= 11 is 0. The highest BCUT2D eigenvalue weighted by molar-refractivity contribution is 7.89. The van der Waals surface area contributed by atoms with Gasteiger partial charge in [-0.05, 0) is 18.6 Å². The number of nitrogens with one attached hydrogen (secondary N) is 2. The first-order chi connectivity index (χ1) is 8.88. The van der Waals surface area contributed by atoms with Crippen molar-refractivity contribution >= 4 is 26.6 Å². The number of hydrogen-bond acceptors (Lipinski definition) is 5. The van der Waals surface area contributed by atoms with E-state index in [0.29, 0.717) is 12.2 Å². The lowest BCUT2D eigenvalue weighted by atomic mass is 10.3. The van der Waals surface area contributed by atoms with Crippen LogP contribution < -0.4 is 10.0 Å². The lowest BCUT2D eigenvalue weighted by Gasteiger charge is -2.11. The number of anilines is 1. The first kappa shape index (κ1) is 16.1. The van der Waals surface area contributed by atoms with Gasteiger partial charge in [0.05, 0.1) is 0 Å². The number of pyridine rings is 1. The van der Waals surface area contributed by atoms with E-state index in [1.54, 1.807) is 19.4 Å². The molecule has 1 heterocycles. The van der Waals surface area contributed by atoms with Gasteiger partial charge in [0, 0.05) is 42.1 Å². The van der Waals surface area contributed by atoms with E-state index in [9.17, 15) is 12.6 Å². The molecule has 19 heavy (non-hydrogen) atoms. The second-order valence-corrected chi connectivity index (χ2v) is 7.63. The molecule has 0 saturated heterocycles. The molecule has 2 atom stereocenters. The topological polar surface area (TPSA) is 88.2 Å². The number of nitrogens with zero attached hydrogens (tertiary/aromatic N) is 1. The molecule has 0 aliphatic carbocycles. The van der Waals surface area contributed by atoms with Crippen LogP contribution in [0.2, 0.25) is 0 Å². The average Bonchev–Trinajstić information content (AvgIpc) is 2.38. The fourth-order valence-corrected chi connectivity index (χ4v) is 3.09. The SMILES string of the molecule is CNc1ncccc1S(=O)(=O)NCCC(C)S(C)=O. The molecule has 0 radical (unpaired) electrons. The maximum Gasteiger partial charge on any atom is 0.244 e. The molecule has 0 spiro atoms. The van der Waals surface area contributed by atoms with Crippen molar-refractivity contribution < 1.29 is 12.6 Å². The molecular weight excluding hydrogens is 286 g/mol. The molecule has 108 valence electrons. The first-order valence-corrected chi connectivity index (χ1v) is 8.93. The van der Waals surface area contributed by atoms with Gasteiger partial charge >= 0.3 is 0 Å². The van der Waals surface area contributed by atoms with Crippen LogP contribution >= 0.6 is 0 Å². The van der Waals surface area contributed by atoms with Crippen molar-refractivity contribution in [3.8, 4) is 0 Å². The summed E-state index contributed by atoms with van der Waals surface area (Å²) in [6, 6.07) is 3.06. The summed E-state index contributed by atoms with van der Waals surface area (Å²) in [5, 5.41) is 2.70. The van der Waals surface area contributed by atoms with Crippen molar-refractivity contribution in [3.05, 3.63) is 18.3 Å². The average molecular weight is 305 g/mol. The van der Waals surface area contributed by atoms with E-state index in [1.807, 2.05) is 6.92 Å². The van der Waals surface area contributed by atoms with E-state index in [4.69, 9.17) is 0 Å². The Labute approximate surface area is 116 Å². The summed E-state index contributed by atoms with van der Waals surface area (Å²) in [6.07, 6.45) is 3.66. The van der Waals surface area contributed by atoms with E-state index < -0.39 is 20.8 Å². The molecule has 2 unspecified atom stereocenters. The zero-order valence-corrected chi connectivity index (χ0v) is 12.8. The minimum absolute atomic E-state index is 0.0413. The largest absolute Gasteiger partial charge is 0.372 e. The Morgan fingerprint density at radius 1 is 1.47 bits per heavy atom. The normalized spacial score (nSPS) is 14.9. The highest BCUT2D eigenvalue weighted by Gasteiger charge is 2.18. The van der Waals surface area contributed by atoms with Gasteiger partial charge in [0.1, 0.15) is 10.7 Å². The fourth-order valence-electron chi connectivity index (χ4n) is 1.44.